The molecule has 0 bridgehead atoms. The summed E-state index contributed by atoms with van der Waals surface area (Å²) in [7, 11) is 0. The van der Waals surface area contributed by atoms with Crippen LogP contribution in [0.5, 0.6) is 0 Å². The first-order valence-electron chi connectivity index (χ1n) is 4.97. The molecule has 82 valence electrons. The van der Waals surface area contributed by atoms with Crippen LogP contribution in [0.3, 0.4) is 0 Å². The van der Waals surface area contributed by atoms with Gasteiger partial charge in [-0.15, -0.1) is 5.06 Å². The third kappa shape index (κ3) is 1.63. The molecule has 2 amide bonds. The maximum atomic E-state index is 11.8. The van der Waals surface area contributed by atoms with Gasteiger partial charge < -0.3 is 0 Å². The summed E-state index contributed by atoms with van der Waals surface area (Å²) in [6.45, 7) is 2.05. The number of amides is 2. The molecule has 0 N–H and O–H groups in total. The molecule has 1 heterocycles. The molecule has 0 aromatic heterocycles. The maximum absolute atomic E-state index is 11.8. The SMILES string of the molecule is CC=CCON1C(=O)c2ccccc2C1=O. The average Bonchev–Trinajstić information content (AvgIpc) is 2.55. The van der Waals surface area contributed by atoms with Gasteiger partial charge in [-0.1, -0.05) is 24.3 Å². The van der Waals surface area contributed by atoms with Crippen molar-refractivity contribution in [2.45, 2.75) is 6.92 Å². The smallest absolute Gasteiger partial charge is 0.266 e. The Bertz CT molecular complexity index is 430. The van der Waals surface area contributed by atoms with Gasteiger partial charge in [-0.2, -0.15) is 0 Å². The molecule has 2 rings (SSSR count). The lowest BCUT2D eigenvalue weighted by molar-refractivity contribution is -0.0802. The van der Waals surface area contributed by atoms with Crippen LogP contribution >= 0.6 is 0 Å². The first kappa shape index (κ1) is 10.6. The fraction of sp³-hybridized carbons (Fsp3) is 0.167. The Hall–Kier alpha value is -1.94. The van der Waals surface area contributed by atoms with Crippen molar-refractivity contribution < 1.29 is 14.4 Å². The molecule has 4 heteroatoms. The Balaban J connectivity index is 2.21. The van der Waals surface area contributed by atoms with Gasteiger partial charge in [-0.05, 0) is 19.1 Å². The molecule has 1 aliphatic rings. The Kier molecular flexibility index (Phi) is 2.83. The van der Waals surface area contributed by atoms with Crippen LogP contribution in [0.4, 0.5) is 0 Å². The molecule has 1 aromatic rings. The van der Waals surface area contributed by atoms with Gasteiger partial charge in [0.1, 0.15) is 0 Å². The second-order valence-corrected chi connectivity index (χ2v) is 3.32. The van der Waals surface area contributed by atoms with E-state index >= 15 is 0 Å². The lowest BCUT2D eigenvalue weighted by Crippen LogP contribution is -2.29. The lowest BCUT2D eigenvalue weighted by atomic mass is 10.1. The molecule has 0 atom stereocenters. The van der Waals surface area contributed by atoms with Gasteiger partial charge in [0.05, 0.1) is 17.7 Å². The normalized spacial score (nSPS) is 14.9. The molecule has 0 saturated heterocycles. The van der Waals surface area contributed by atoms with Crippen LogP contribution < -0.4 is 0 Å². The largest absolute Gasteiger partial charge is 0.285 e. The number of allylic oxidation sites excluding steroid dienone is 1. The number of carbonyl (C=O) groups is 2. The Morgan fingerprint density at radius 3 is 2.25 bits per heavy atom. The summed E-state index contributed by atoms with van der Waals surface area (Å²) >= 11 is 0. The quantitative estimate of drug-likeness (QED) is 0.572. The average molecular weight is 217 g/mol. The highest BCUT2D eigenvalue weighted by Gasteiger charge is 2.36. The number of fused-ring (bicyclic) bond motifs is 1. The van der Waals surface area contributed by atoms with Gasteiger partial charge in [0, 0.05) is 0 Å². The number of benzene rings is 1. The maximum Gasteiger partial charge on any atom is 0.285 e. The Morgan fingerprint density at radius 1 is 1.19 bits per heavy atom. The van der Waals surface area contributed by atoms with Crippen LogP contribution in [0.25, 0.3) is 0 Å². The van der Waals surface area contributed by atoms with Gasteiger partial charge in [0.25, 0.3) is 11.8 Å². The molecule has 16 heavy (non-hydrogen) atoms. The molecular weight excluding hydrogens is 206 g/mol. The van der Waals surface area contributed by atoms with E-state index in [0.717, 1.165) is 5.06 Å². The molecule has 4 nitrogen and oxygen atoms in total. The van der Waals surface area contributed by atoms with Crippen molar-refractivity contribution >= 4 is 11.8 Å². The standard InChI is InChI=1S/C12H11NO3/c1-2-3-8-16-13-11(14)9-6-4-5-7-10(9)12(13)15/h2-7H,8H2,1H3. The Morgan fingerprint density at radius 2 is 1.75 bits per heavy atom. The summed E-state index contributed by atoms with van der Waals surface area (Å²) in [6, 6.07) is 6.68. The van der Waals surface area contributed by atoms with Crippen molar-refractivity contribution in [3.63, 3.8) is 0 Å². The first-order chi connectivity index (χ1) is 7.75. The van der Waals surface area contributed by atoms with Crippen molar-refractivity contribution in [2.24, 2.45) is 0 Å². The fourth-order valence-electron chi connectivity index (χ4n) is 1.50. The number of hydrogen-bond donors (Lipinski definition) is 0. The highest BCUT2D eigenvalue weighted by atomic mass is 16.7. The van der Waals surface area contributed by atoms with Crippen LogP contribution in [-0.4, -0.2) is 23.5 Å². The van der Waals surface area contributed by atoms with E-state index in [-0.39, 0.29) is 6.61 Å². The van der Waals surface area contributed by atoms with E-state index in [4.69, 9.17) is 4.84 Å². The summed E-state index contributed by atoms with van der Waals surface area (Å²) < 4.78 is 0. The summed E-state index contributed by atoms with van der Waals surface area (Å²) in [6.07, 6.45) is 3.52. The number of imide groups is 1. The highest BCUT2D eigenvalue weighted by molar-refractivity contribution is 6.20. The molecule has 1 aliphatic heterocycles. The lowest BCUT2D eigenvalue weighted by Gasteiger charge is -2.11. The first-order valence-corrected chi connectivity index (χ1v) is 4.97. The zero-order chi connectivity index (χ0) is 11.5. The van der Waals surface area contributed by atoms with Gasteiger partial charge in [0.15, 0.2) is 0 Å². The molecule has 0 unspecified atom stereocenters. The van der Waals surface area contributed by atoms with Gasteiger partial charge in [-0.3, -0.25) is 14.4 Å². The highest BCUT2D eigenvalue weighted by Crippen LogP contribution is 2.22. The number of rotatable bonds is 3. The summed E-state index contributed by atoms with van der Waals surface area (Å²) in [5.74, 6) is -0.796. The zero-order valence-electron chi connectivity index (χ0n) is 8.84. The van der Waals surface area contributed by atoms with Gasteiger partial charge in [-0.25, -0.2) is 0 Å². The predicted molar refractivity (Wildman–Crippen MR) is 57.7 cm³/mol. The molecule has 0 radical (unpaired) electrons. The minimum Gasteiger partial charge on any atom is -0.266 e. The summed E-state index contributed by atoms with van der Waals surface area (Å²) in [4.78, 5) is 28.6. The van der Waals surface area contributed by atoms with Crippen LogP contribution in [0.2, 0.25) is 0 Å². The van der Waals surface area contributed by atoms with E-state index in [1.54, 1.807) is 36.4 Å². The minimum atomic E-state index is -0.398. The van der Waals surface area contributed by atoms with E-state index in [1.807, 2.05) is 6.92 Å². The molecule has 0 spiro atoms. The van der Waals surface area contributed by atoms with E-state index in [0.29, 0.717) is 11.1 Å². The van der Waals surface area contributed by atoms with Crippen molar-refractivity contribution in [1.29, 1.82) is 0 Å². The molecule has 0 saturated carbocycles. The fourth-order valence-corrected chi connectivity index (χ4v) is 1.50. The van der Waals surface area contributed by atoms with Crippen molar-refractivity contribution in [3.05, 3.63) is 47.5 Å². The summed E-state index contributed by atoms with van der Waals surface area (Å²) in [5, 5.41) is 0.810. The van der Waals surface area contributed by atoms with Crippen LogP contribution in [-0.2, 0) is 4.84 Å². The molecule has 0 fully saturated rings. The van der Waals surface area contributed by atoms with Crippen molar-refractivity contribution in [2.75, 3.05) is 6.61 Å². The second kappa shape index (κ2) is 4.28. The number of hydrogen-bond acceptors (Lipinski definition) is 3. The van der Waals surface area contributed by atoms with Crippen molar-refractivity contribution in [3.8, 4) is 0 Å². The van der Waals surface area contributed by atoms with Gasteiger partial charge >= 0.3 is 0 Å². The monoisotopic (exact) mass is 217 g/mol. The van der Waals surface area contributed by atoms with E-state index in [9.17, 15) is 9.59 Å². The van der Waals surface area contributed by atoms with E-state index in [2.05, 4.69) is 0 Å². The second-order valence-electron chi connectivity index (χ2n) is 3.32. The number of carbonyl (C=O) groups excluding carboxylic acids is 2. The number of hydroxylamine groups is 2. The van der Waals surface area contributed by atoms with E-state index < -0.39 is 11.8 Å². The van der Waals surface area contributed by atoms with Crippen LogP contribution in [0, 0.1) is 0 Å². The van der Waals surface area contributed by atoms with Crippen LogP contribution in [0.15, 0.2) is 36.4 Å². The third-order valence-electron chi connectivity index (χ3n) is 2.29. The molecular formula is C12H11NO3. The zero-order valence-corrected chi connectivity index (χ0v) is 8.84. The number of nitrogens with zero attached hydrogens (tertiary/aromatic N) is 1. The molecule has 1 aromatic carbocycles. The van der Waals surface area contributed by atoms with Gasteiger partial charge in [0.2, 0.25) is 0 Å². The van der Waals surface area contributed by atoms with Crippen LogP contribution in [0.1, 0.15) is 27.6 Å². The van der Waals surface area contributed by atoms with E-state index in [1.165, 1.54) is 0 Å². The van der Waals surface area contributed by atoms with Crippen molar-refractivity contribution in [1.82, 2.24) is 5.06 Å². The third-order valence-corrected chi connectivity index (χ3v) is 2.29. The minimum absolute atomic E-state index is 0.210. The molecule has 0 aliphatic carbocycles. The summed E-state index contributed by atoms with van der Waals surface area (Å²) in [5.41, 5.74) is 0.793. The predicted octanol–water partition coefficient (Wildman–Crippen LogP) is 1.79. The Labute approximate surface area is 93.1 Å². The topological polar surface area (TPSA) is 46.6 Å².